The van der Waals surface area contributed by atoms with E-state index in [0.717, 1.165) is 19.3 Å². The van der Waals surface area contributed by atoms with Gasteiger partial charge in [0.15, 0.2) is 9.84 Å². The zero-order valence-corrected chi connectivity index (χ0v) is 12.6. The van der Waals surface area contributed by atoms with E-state index in [4.69, 9.17) is 0 Å². The van der Waals surface area contributed by atoms with Gasteiger partial charge in [0.1, 0.15) is 0 Å². The molecule has 2 unspecified atom stereocenters. The molecule has 1 rings (SSSR count). The molecular formula is C13H27NO3S. The third-order valence-corrected chi connectivity index (χ3v) is 6.01. The summed E-state index contributed by atoms with van der Waals surface area (Å²) in [4.78, 5) is 0. The molecule has 2 atom stereocenters. The van der Waals surface area contributed by atoms with Crippen LogP contribution in [-0.2, 0) is 9.84 Å². The SMILES string of the molecule is CC1CCCC(O)(CNCCS(=O)(=O)C(C)C)C1. The van der Waals surface area contributed by atoms with Crippen LogP contribution in [-0.4, -0.2) is 43.2 Å². The quantitative estimate of drug-likeness (QED) is 0.719. The predicted molar refractivity (Wildman–Crippen MR) is 74.4 cm³/mol. The summed E-state index contributed by atoms with van der Waals surface area (Å²) < 4.78 is 23.2. The Morgan fingerprint density at radius 1 is 1.44 bits per heavy atom. The third-order valence-electron chi connectivity index (χ3n) is 3.80. The summed E-state index contributed by atoms with van der Waals surface area (Å²) in [5.74, 6) is 0.709. The van der Waals surface area contributed by atoms with Crippen molar-refractivity contribution in [3.05, 3.63) is 0 Å². The first-order valence-electron chi connectivity index (χ1n) is 6.90. The van der Waals surface area contributed by atoms with Crippen LogP contribution < -0.4 is 5.32 Å². The van der Waals surface area contributed by atoms with Gasteiger partial charge in [-0.05, 0) is 32.6 Å². The molecule has 1 saturated carbocycles. The second-order valence-corrected chi connectivity index (χ2v) is 8.70. The Morgan fingerprint density at radius 2 is 2.11 bits per heavy atom. The minimum atomic E-state index is -2.98. The molecule has 1 fully saturated rings. The zero-order valence-electron chi connectivity index (χ0n) is 11.8. The van der Waals surface area contributed by atoms with Gasteiger partial charge in [-0.1, -0.05) is 19.8 Å². The van der Waals surface area contributed by atoms with Crippen LogP contribution in [0.3, 0.4) is 0 Å². The maximum Gasteiger partial charge on any atom is 0.153 e. The first-order valence-corrected chi connectivity index (χ1v) is 8.61. The lowest BCUT2D eigenvalue weighted by Gasteiger charge is -2.35. The minimum Gasteiger partial charge on any atom is -0.389 e. The van der Waals surface area contributed by atoms with Crippen LogP contribution in [0.2, 0.25) is 0 Å². The number of hydrogen-bond donors (Lipinski definition) is 2. The molecule has 18 heavy (non-hydrogen) atoms. The molecule has 4 nitrogen and oxygen atoms in total. The lowest BCUT2D eigenvalue weighted by atomic mass is 9.79. The van der Waals surface area contributed by atoms with Gasteiger partial charge in [0, 0.05) is 13.1 Å². The molecule has 1 aliphatic rings. The second kappa shape index (κ2) is 6.35. The third kappa shape index (κ3) is 4.86. The molecule has 0 heterocycles. The van der Waals surface area contributed by atoms with Gasteiger partial charge in [0.2, 0.25) is 0 Å². The highest BCUT2D eigenvalue weighted by Crippen LogP contribution is 2.31. The Balaban J connectivity index is 2.29. The van der Waals surface area contributed by atoms with Crippen molar-refractivity contribution in [1.29, 1.82) is 0 Å². The molecule has 1 aliphatic carbocycles. The van der Waals surface area contributed by atoms with E-state index in [1.807, 2.05) is 0 Å². The average Bonchev–Trinajstić information content (AvgIpc) is 2.24. The van der Waals surface area contributed by atoms with E-state index in [1.165, 1.54) is 6.42 Å². The van der Waals surface area contributed by atoms with Crippen LogP contribution in [0.25, 0.3) is 0 Å². The van der Waals surface area contributed by atoms with Crippen molar-refractivity contribution in [2.75, 3.05) is 18.8 Å². The molecule has 0 aromatic rings. The fourth-order valence-corrected chi connectivity index (χ4v) is 3.46. The lowest BCUT2D eigenvalue weighted by Crippen LogP contribution is -2.45. The van der Waals surface area contributed by atoms with Gasteiger partial charge >= 0.3 is 0 Å². The van der Waals surface area contributed by atoms with E-state index >= 15 is 0 Å². The first-order chi connectivity index (χ1) is 8.25. The summed E-state index contributed by atoms with van der Waals surface area (Å²) in [5.41, 5.74) is -0.640. The van der Waals surface area contributed by atoms with Crippen molar-refractivity contribution in [2.24, 2.45) is 5.92 Å². The Kier molecular flexibility index (Phi) is 5.62. The summed E-state index contributed by atoms with van der Waals surface area (Å²) >= 11 is 0. The molecule has 0 bridgehead atoms. The Bertz CT molecular complexity index is 353. The van der Waals surface area contributed by atoms with Gasteiger partial charge in [0.05, 0.1) is 16.6 Å². The fourth-order valence-electron chi connectivity index (χ4n) is 2.56. The first kappa shape index (κ1) is 15.9. The molecule has 108 valence electrons. The molecule has 0 aliphatic heterocycles. The molecule has 2 N–H and O–H groups in total. The van der Waals surface area contributed by atoms with Gasteiger partial charge in [-0.3, -0.25) is 0 Å². The number of nitrogens with one attached hydrogen (secondary N) is 1. The predicted octanol–water partition coefficient (Wildman–Crippen LogP) is 1.34. The fraction of sp³-hybridized carbons (Fsp3) is 1.00. The summed E-state index contributed by atoms with van der Waals surface area (Å²) in [6.07, 6.45) is 3.88. The van der Waals surface area contributed by atoms with Crippen molar-refractivity contribution in [3.63, 3.8) is 0 Å². The highest BCUT2D eigenvalue weighted by Gasteiger charge is 2.32. The average molecular weight is 277 g/mol. The monoisotopic (exact) mass is 277 g/mol. The van der Waals surface area contributed by atoms with Gasteiger partial charge in [-0.15, -0.1) is 0 Å². The topological polar surface area (TPSA) is 66.4 Å². The molecule has 0 radical (unpaired) electrons. The van der Waals surface area contributed by atoms with E-state index in [0.29, 0.717) is 19.0 Å². The molecule has 0 amide bonds. The van der Waals surface area contributed by atoms with Crippen LogP contribution in [0, 0.1) is 5.92 Å². The minimum absolute atomic E-state index is 0.149. The Morgan fingerprint density at radius 3 is 2.67 bits per heavy atom. The van der Waals surface area contributed by atoms with Crippen molar-refractivity contribution in [2.45, 2.75) is 57.3 Å². The van der Waals surface area contributed by atoms with Crippen molar-refractivity contribution in [3.8, 4) is 0 Å². The highest BCUT2D eigenvalue weighted by molar-refractivity contribution is 7.92. The smallest absolute Gasteiger partial charge is 0.153 e. The largest absolute Gasteiger partial charge is 0.389 e. The maximum absolute atomic E-state index is 11.6. The van der Waals surface area contributed by atoms with Gasteiger partial charge in [-0.25, -0.2) is 8.42 Å². The lowest BCUT2D eigenvalue weighted by molar-refractivity contribution is -0.0112. The molecule has 0 aromatic heterocycles. The Hall–Kier alpha value is -0.130. The van der Waals surface area contributed by atoms with Crippen molar-refractivity contribution >= 4 is 9.84 Å². The molecule has 0 aromatic carbocycles. The van der Waals surface area contributed by atoms with E-state index in [9.17, 15) is 13.5 Å². The Labute approximate surface area is 111 Å². The molecule has 0 spiro atoms. The number of aliphatic hydroxyl groups is 1. The number of rotatable bonds is 6. The van der Waals surface area contributed by atoms with E-state index in [2.05, 4.69) is 12.2 Å². The van der Waals surface area contributed by atoms with Gasteiger partial charge in [0.25, 0.3) is 0 Å². The van der Waals surface area contributed by atoms with Crippen LogP contribution in [0.15, 0.2) is 0 Å². The summed E-state index contributed by atoms with van der Waals surface area (Å²) in [7, 11) is -2.98. The highest BCUT2D eigenvalue weighted by atomic mass is 32.2. The summed E-state index contributed by atoms with van der Waals surface area (Å²) in [6, 6.07) is 0. The van der Waals surface area contributed by atoms with Crippen molar-refractivity contribution in [1.82, 2.24) is 5.32 Å². The normalized spacial score (nSPS) is 29.7. The van der Waals surface area contributed by atoms with E-state index < -0.39 is 15.4 Å². The zero-order chi connectivity index (χ0) is 13.8. The summed E-state index contributed by atoms with van der Waals surface area (Å²) in [6.45, 7) is 6.49. The van der Waals surface area contributed by atoms with E-state index in [1.54, 1.807) is 13.8 Å². The summed E-state index contributed by atoms with van der Waals surface area (Å²) in [5, 5.41) is 13.1. The number of sulfone groups is 1. The molecule has 5 heteroatoms. The van der Waals surface area contributed by atoms with Crippen LogP contribution in [0.4, 0.5) is 0 Å². The standard InChI is InChI=1S/C13H27NO3S/c1-11(2)18(16,17)8-7-14-10-13(15)6-4-5-12(3)9-13/h11-12,14-15H,4-10H2,1-3H3. The molecular weight excluding hydrogens is 250 g/mol. The molecule has 0 saturated heterocycles. The van der Waals surface area contributed by atoms with Gasteiger partial charge in [-0.2, -0.15) is 0 Å². The maximum atomic E-state index is 11.6. The second-order valence-electron chi connectivity index (χ2n) is 6.02. The van der Waals surface area contributed by atoms with E-state index in [-0.39, 0.29) is 11.0 Å². The van der Waals surface area contributed by atoms with Crippen LogP contribution in [0.1, 0.15) is 46.5 Å². The van der Waals surface area contributed by atoms with Crippen LogP contribution >= 0.6 is 0 Å². The van der Waals surface area contributed by atoms with Gasteiger partial charge < -0.3 is 10.4 Å². The van der Waals surface area contributed by atoms with Crippen LogP contribution in [0.5, 0.6) is 0 Å². The number of hydrogen-bond acceptors (Lipinski definition) is 4. The van der Waals surface area contributed by atoms with Crippen molar-refractivity contribution < 1.29 is 13.5 Å².